The molecule has 1 N–H and O–H groups in total. The number of nitro groups is 1. The predicted octanol–water partition coefficient (Wildman–Crippen LogP) is 2.31. The molecule has 0 fully saturated rings. The molecular weight excluding hydrogens is 339 g/mol. The van der Waals surface area contributed by atoms with E-state index in [1.54, 1.807) is 12.1 Å². The maximum Gasteiger partial charge on any atom is 0.349 e. The summed E-state index contributed by atoms with van der Waals surface area (Å²) >= 11 is 0.681. The first-order valence-electron chi connectivity index (χ1n) is 6.88. The Hall–Kier alpha value is -2.81. The zero-order chi connectivity index (χ0) is 17.5. The van der Waals surface area contributed by atoms with Crippen molar-refractivity contribution in [3.05, 3.63) is 62.8 Å². The summed E-state index contributed by atoms with van der Waals surface area (Å²) < 4.78 is 17.5. The van der Waals surface area contributed by atoms with Gasteiger partial charge in [-0.1, -0.05) is 23.5 Å². The zero-order valence-electron chi connectivity index (χ0n) is 12.4. The van der Waals surface area contributed by atoms with Crippen molar-refractivity contribution in [2.45, 2.75) is 6.42 Å². The third-order valence-corrected chi connectivity index (χ3v) is 3.97. The molecule has 0 aliphatic rings. The van der Waals surface area contributed by atoms with E-state index in [-0.39, 0.29) is 15.7 Å². The molecule has 0 atom stereocenters. The van der Waals surface area contributed by atoms with Gasteiger partial charge in [0.15, 0.2) is 6.61 Å². The van der Waals surface area contributed by atoms with Crippen molar-refractivity contribution < 1.29 is 23.6 Å². The standard InChI is InChI=1S/C15H13FN2O5S/c16-11-3-1-10(2-4-11)7-8-17-13(19)9-23-15(20)12-5-6-14(24-12)18(21)22/h1-6H,7-9H2,(H,17,19). The average Bonchev–Trinajstić information content (AvgIpc) is 3.05. The molecule has 0 saturated carbocycles. The van der Waals surface area contributed by atoms with Gasteiger partial charge in [0.2, 0.25) is 0 Å². The summed E-state index contributed by atoms with van der Waals surface area (Å²) in [5.74, 6) is -1.61. The van der Waals surface area contributed by atoms with Crippen LogP contribution in [0.4, 0.5) is 9.39 Å². The molecule has 1 aromatic carbocycles. The predicted molar refractivity (Wildman–Crippen MR) is 84.4 cm³/mol. The van der Waals surface area contributed by atoms with Crippen LogP contribution in [0.15, 0.2) is 36.4 Å². The van der Waals surface area contributed by atoms with Gasteiger partial charge in [0, 0.05) is 12.6 Å². The molecule has 1 amide bonds. The second kappa shape index (κ2) is 8.16. The molecule has 0 bridgehead atoms. The van der Waals surface area contributed by atoms with E-state index in [0.717, 1.165) is 5.56 Å². The largest absolute Gasteiger partial charge is 0.451 e. The zero-order valence-corrected chi connectivity index (χ0v) is 13.2. The van der Waals surface area contributed by atoms with Crippen LogP contribution in [-0.4, -0.2) is 30.0 Å². The Balaban J connectivity index is 1.71. The summed E-state index contributed by atoms with van der Waals surface area (Å²) in [6, 6.07) is 8.37. The monoisotopic (exact) mass is 352 g/mol. The second-order valence-corrected chi connectivity index (χ2v) is 5.76. The number of amides is 1. The summed E-state index contributed by atoms with van der Waals surface area (Å²) in [7, 11) is 0. The molecule has 0 unspecified atom stereocenters. The molecule has 7 nitrogen and oxygen atoms in total. The van der Waals surface area contributed by atoms with Crippen LogP contribution in [0.3, 0.4) is 0 Å². The van der Waals surface area contributed by atoms with Crippen LogP contribution in [0.1, 0.15) is 15.2 Å². The van der Waals surface area contributed by atoms with Crippen LogP contribution < -0.4 is 5.32 Å². The van der Waals surface area contributed by atoms with Gasteiger partial charge in [0.1, 0.15) is 10.7 Å². The highest BCUT2D eigenvalue weighted by atomic mass is 32.1. The Kier molecular flexibility index (Phi) is 5.96. The van der Waals surface area contributed by atoms with Crippen molar-refractivity contribution in [1.29, 1.82) is 0 Å². The molecule has 126 valence electrons. The molecule has 9 heteroatoms. The number of halogens is 1. The van der Waals surface area contributed by atoms with Gasteiger partial charge in [-0.15, -0.1) is 0 Å². The third kappa shape index (κ3) is 5.13. The SMILES string of the molecule is O=C(COC(=O)c1ccc([N+](=O)[O-])s1)NCCc1ccc(F)cc1. The Morgan fingerprint density at radius 3 is 2.54 bits per heavy atom. The van der Waals surface area contributed by atoms with E-state index in [1.807, 2.05) is 0 Å². The number of ether oxygens (including phenoxy) is 1. The van der Waals surface area contributed by atoms with Crippen molar-refractivity contribution in [2.75, 3.05) is 13.2 Å². The lowest BCUT2D eigenvalue weighted by Crippen LogP contribution is -2.30. The van der Waals surface area contributed by atoms with Gasteiger partial charge in [-0.25, -0.2) is 9.18 Å². The van der Waals surface area contributed by atoms with Gasteiger partial charge in [0.05, 0.1) is 4.92 Å². The Morgan fingerprint density at radius 1 is 1.21 bits per heavy atom. The minimum absolute atomic E-state index is 0.0563. The summed E-state index contributed by atoms with van der Waals surface area (Å²) in [6.45, 7) is -0.166. The normalized spacial score (nSPS) is 10.2. The van der Waals surface area contributed by atoms with Gasteiger partial charge in [-0.2, -0.15) is 0 Å². The fraction of sp³-hybridized carbons (Fsp3) is 0.200. The molecule has 1 heterocycles. The lowest BCUT2D eigenvalue weighted by molar-refractivity contribution is -0.380. The van der Waals surface area contributed by atoms with Crippen molar-refractivity contribution in [3.8, 4) is 0 Å². The topological polar surface area (TPSA) is 98.5 Å². The maximum absolute atomic E-state index is 12.7. The molecule has 24 heavy (non-hydrogen) atoms. The van der Waals surface area contributed by atoms with Crippen LogP contribution in [0.2, 0.25) is 0 Å². The first-order valence-corrected chi connectivity index (χ1v) is 7.70. The third-order valence-electron chi connectivity index (χ3n) is 2.96. The molecule has 2 rings (SSSR count). The van der Waals surface area contributed by atoms with Gasteiger partial charge in [-0.05, 0) is 30.2 Å². The number of hydrogen-bond acceptors (Lipinski definition) is 6. The molecule has 0 aliphatic carbocycles. The van der Waals surface area contributed by atoms with Crippen LogP contribution >= 0.6 is 11.3 Å². The number of esters is 1. The summed E-state index contributed by atoms with van der Waals surface area (Å²) in [6.07, 6.45) is 0.511. The Bertz CT molecular complexity index is 745. The summed E-state index contributed by atoms with van der Waals surface area (Å²) in [4.78, 5) is 33.2. The van der Waals surface area contributed by atoms with Gasteiger partial charge in [-0.3, -0.25) is 14.9 Å². The van der Waals surface area contributed by atoms with Crippen molar-refractivity contribution in [2.24, 2.45) is 0 Å². The number of thiophene rings is 1. The van der Waals surface area contributed by atoms with Crippen LogP contribution in [0.25, 0.3) is 0 Å². The number of carbonyl (C=O) groups excluding carboxylic acids is 2. The quantitative estimate of drug-likeness (QED) is 0.468. The summed E-state index contributed by atoms with van der Waals surface area (Å²) in [5.41, 5.74) is 0.861. The fourth-order valence-corrected chi connectivity index (χ4v) is 2.50. The van der Waals surface area contributed by atoms with E-state index in [2.05, 4.69) is 5.32 Å². The van der Waals surface area contributed by atoms with Crippen molar-refractivity contribution in [1.82, 2.24) is 5.32 Å². The smallest absolute Gasteiger partial charge is 0.349 e. The molecule has 0 saturated heterocycles. The van der Waals surface area contributed by atoms with E-state index < -0.39 is 23.4 Å². The lowest BCUT2D eigenvalue weighted by atomic mass is 10.1. The number of carbonyl (C=O) groups is 2. The second-order valence-electron chi connectivity index (χ2n) is 4.70. The number of rotatable bonds is 7. The Labute approximate surface area is 140 Å². The molecule has 0 radical (unpaired) electrons. The number of benzene rings is 1. The van der Waals surface area contributed by atoms with E-state index in [4.69, 9.17) is 4.74 Å². The fourth-order valence-electron chi connectivity index (χ4n) is 1.79. The maximum atomic E-state index is 12.7. The minimum atomic E-state index is -0.790. The molecule has 2 aromatic rings. The minimum Gasteiger partial charge on any atom is -0.451 e. The van der Waals surface area contributed by atoms with Crippen molar-refractivity contribution >= 4 is 28.2 Å². The van der Waals surface area contributed by atoms with Gasteiger partial charge < -0.3 is 10.1 Å². The van der Waals surface area contributed by atoms with Crippen molar-refractivity contribution in [3.63, 3.8) is 0 Å². The molecule has 0 spiro atoms. The molecule has 1 aromatic heterocycles. The van der Waals surface area contributed by atoms with Crippen LogP contribution in [0.5, 0.6) is 0 Å². The first-order chi connectivity index (χ1) is 11.5. The lowest BCUT2D eigenvalue weighted by Gasteiger charge is -2.06. The highest BCUT2D eigenvalue weighted by Crippen LogP contribution is 2.24. The highest BCUT2D eigenvalue weighted by molar-refractivity contribution is 7.17. The number of nitrogens with zero attached hydrogens (tertiary/aromatic N) is 1. The van der Waals surface area contributed by atoms with E-state index in [9.17, 15) is 24.1 Å². The van der Waals surface area contributed by atoms with Gasteiger partial charge >= 0.3 is 11.0 Å². The van der Waals surface area contributed by atoms with E-state index in [0.29, 0.717) is 24.3 Å². The van der Waals surface area contributed by atoms with E-state index in [1.165, 1.54) is 24.3 Å². The number of nitrogens with one attached hydrogen (secondary N) is 1. The Morgan fingerprint density at radius 2 is 1.92 bits per heavy atom. The first kappa shape index (κ1) is 17.5. The summed E-state index contributed by atoms with van der Waals surface area (Å²) in [5, 5.41) is 12.9. The average molecular weight is 352 g/mol. The van der Waals surface area contributed by atoms with Crippen LogP contribution in [0, 0.1) is 15.9 Å². The number of hydrogen-bond donors (Lipinski definition) is 1. The van der Waals surface area contributed by atoms with Crippen LogP contribution in [-0.2, 0) is 16.0 Å². The van der Waals surface area contributed by atoms with E-state index >= 15 is 0 Å². The molecular formula is C15H13FN2O5S. The molecule has 0 aliphatic heterocycles. The van der Waals surface area contributed by atoms with Gasteiger partial charge in [0.25, 0.3) is 5.91 Å². The highest BCUT2D eigenvalue weighted by Gasteiger charge is 2.17.